The summed E-state index contributed by atoms with van der Waals surface area (Å²) in [6, 6.07) is 0.106. The van der Waals surface area contributed by atoms with Crippen molar-refractivity contribution in [2.24, 2.45) is 4.99 Å². The number of likely N-dealkylation sites (tertiary alicyclic amines) is 1. The Morgan fingerprint density at radius 3 is 2.79 bits per heavy atom. The largest absolute Gasteiger partial charge is 0.444 e. The van der Waals surface area contributed by atoms with Gasteiger partial charge in [-0.2, -0.15) is 5.26 Å². The van der Waals surface area contributed by atoms with Gasteiger partial charge >= 0.3 is 6.09 Å². The molecule has 2 aromatic rings. The molecule has 0 unspecified atom stereocenters. The molecular formula is C23H33N9O2. The number of nitrogens with one attached hydrogen (secondary N) is 2. The van der Waals surface area contributed by atoms with Crippen LogP contribution in [0.3, 0.4) is 0 Å². The number of H-pyrrole nitrogens is 1. The van der Waals surface area contributed by atoms with Crippen LogP contribution in [0.5, 0.6) is 0 Å². The van der Waals surface area contributed by atoms with Crippen molar-refractivity contribution in [3.63, 3.8) is 0 Å². The molecule has 0 radical (unpaired) electrons. The Balaban J connectivity index is 1.41. The van der Waals surface area contributed by atoms with Gasteiger partial charge in [-0.25, -0.2) is 14.8 Å². The minimum atomic E-state index is -0.528. The Labute approximate surface area is 199 Å². The van der Waals surface area contributed by atoms with Crippen LogP contribution in [0.4, 0.5) is 10.6 Å². The zero-order valence-corrected chi connectivity index (χ0v) is 20.5. The van der Waals surface area contributed by atoms with Gasteiger partial charge in [0.25, 0.3) is 0 Å². The highest BCUT2D eigenvalue weighted by atomic mass is 16.6. The Kier molecular flexibility index (Phi) is 6.50. The number of carbonyl (C=O) groups is 1. The summed E-state index contributed by atoms with van der Waals surface area (Å²) in [5.74, 6) is 1.47. The highest BCUT2D eigenvalue weighted by Gasteiger charge is 2.33. The van der Waals surface area contributed by atoms with Crippen LogP contribution in [0.25, 0.3) is 11.0 Å². The van der Waals surface area contributed by atoms with E-state index in [-0.39, 0.29) is 18.2 Å². The fourth-order valence-corrected chi connectivity index (χ4v) is 4.58. The number of anilines is 1. The molecule has 2 fully saturated rings. The van der Waals surface area contributed by atoms with Crippen LogP contribution in [-0.2, 0) is 4.74 Å². The van der Waals surface area contributed by atoms with Crippen molar-refractivity contribution in [1.82, 2.24) is 30.1 Å². The van der Waals surface area contributed by atoms with Crippen molar-refractivity contribution in [1.29, 1.82) is 5.26 Å². The zero-order valence-electron chi connectivity index (χ0n) is 20.5. The van der Waals surface area contributed by atoms with Crippen LogP contribution in [0, 0.1) is 18.4 Å². The minimum Gasteiger partial charge on any atom is -0.444 e. The fourth-order valence-electron chi connectivity index (χ4n) is 4.58. The maximum absolute atomic E-state index is 12.4. The molecule has 4 heterocycles. The first kappa shape index (κ1) is 23.6. The third kappa shape index (κ3) is 5.00. The summed E-state index contributed by atoms with van der Waals surface area (Å²) in [6.07, 6.45) is 5.93. The van der Waals surface area contributed by atoms with Crippen molar-refractivity contribution in [3.05, 3.63) is 18.1 Å². The molecule has 4 rings (SSSR count). The van der Waals surface area contributed by atoms with Crippen LogP contribution in [-0.4, -0.2) is 87.2 Å². The smallest absolute Gasteiger partial charge is 0.410 e. The maximum Gasteiger partial charge on any atom is 0.410 e. The Morgan fingerprint density at radius 2 is 2.09 bits per heavy atom. The molecule has 1 amide bonds. The van der Waals surface area contributed by atoms with Crippen molar-refractivity contribution < 1.29 is 9.53 Å². The Morgan fingerprint density at radius 1 is 1.29 bits per heavy atom. The lowest BCUT2D eigenvalue weighted by molar-refractivity contribution is 0.0291. The first-order valence-electron chi connectivity index (χ1n) is 11.7. The summed E-state index contributed by atoms with van der Waals surface area (Å²) in [4.78, 5) is 34.7. The third-order valence-electron chi connectivity index (χ3n) is 6.18. The molecule has 0 aromatic carbocycles. The lowest BCUT2D eigenvalue weighted by Crippen LogP contribution is -2.58. The second-order valence-corrected chi connectivity index (χ2v) is 9.97. The van der Waals surface area contributed by atoms with Gasteiger partial charge in [-0.15, -0.1) is 4.99 Å². The molecule has 2 aliphatic heterocycles. The van der Waals surface area contributed by atoms with Crippen LogP contribution in [0.15, 0.2) is 17.5 Å². The molecule has 0 spiro atoms. The molecule has 2 saturated heterocycles. The van der Waals surface area contributed by atoms with Gasteiger partial charge in [0.05, 0.1) is 5.39 Å². The van der Waals surface area contributed by atoms with Gasteiger partial charge in [-0.1, -0.05) is 0 Å². The van der Waals surface area contributed by atoms with Crippen molar-refractivity contribution in [3.8, 4) is 6.19 Å². The summed E-state index contributed by atoms with van der Waals surface area (Å²) in [7, 11) is 0. The van der Waals surface area contributed by atoms with Gasteiger partial charge in [0.2, 0.25) is 12.2 Å². The van der Waals surface area contributed by atoms with E-state index in [2.05, 4.69) is 48.9 Å². The van der Waals surface area contributed by atoms with E-state index in [0.29, 0.717) is 25.6 Å². The van der Waals surface area contributed by atoms with Crippen LogP contribution >= 0.6 is 0 Å². The average Bonchev–Trinajstić information content (AvgIpc) is 3.39. The van der Waals surface area contributed by atoms with E-state index >= 15 is 0 Å². The van der Waals surface area contributed by atoms with E-state index in [0.717, 1.165) is 41.9 Å². The number of fused-ring (bicyclic) bond motifs is 1. The molecule has 34 heavy (non-hydrogen) atoms. The predicted molar refractivity (Wildman–Crippen MR) is 129 cm³/mol. The molecule has 2 aliphatic rings. The number of aromatic nitrogens is 3. The van der Waals surface area contributed by atoms with E-state index in [9.17, 15) is 10.1 Å². The van der Waals surface area contributed by atoms with E-state index in [1.165, 1.54) is 0 Å². The van der Waals surface area contributed by atoms with Gasteiger partial charge in [-0.3, -0.25) is 0 Å². The molecule has 0 bridgehead atoms. The third-order valence-corrected chi connectivity index (χ3v) is 6.18. The molecule has 11 nitrogen and oxygen atoms in total. The zero-order chi connectivity index (χ0) is 24.5. The van der Waals surface area contributed by atoms with E-state index < -0.39 is 5.60 Å². The van der Waals surface area contributed by atoms with Crippen molar-refractivity contribution in [2.45, 2.75) is 58.7 Å². The standard InChI is InChI=1S/C23H33N9O2/c1-15-10-25-19-18(15)20(28-14-27-19)30-8-9-32(16(2)11-30)21(26-13-24)29-17-6-7-31(12-17)22(33)34-23(3,4)5/h10,14,16-17H,6-9,11-12H2,1-5H3,(H,26,29)(H,25,27,28)/t16-,17-/m0/s1. The van der Waals surface area contributed by atoms with E-state index in [1.807, 2.05) is 33.2 Å². The summed E-state index contributed by atoms with van der Waals surface area (Å²) in [5, 5.41) is 13.8. The number of piperazine rings is 1. The first-order valence-corrected chi connectivity index (χ1v) is 11.7. The molecule has 2 atom stereocenters. The number of ether oxygens (including phenoxy) is 1. The van der Waals surface area contributed by atoms with Crippen LogP contribution in [0.1, 0.15) is 39.7 Å². The number of aliphatic imine (C=N–C) groups is 1. The average molecular weight is 468 g/mol. The molecule has 0 saturated carbocycles. The highest BCUT2D eigenvalue weighted by molar-refractivity contribution is 5.90. The van der Waals surface area contributed by atoms with Gasteiger partial charge in [0.15, 0.2) is 0 Å². The molecule has 2 aromatic heterocycles. The number of rotatable bonds is 2. The predicted octanol–water partition coefficient (Wildman–Crippen LogP) is 2.21. The number of hydrogen-bond donors (Lipinski definition) is 2. The first-order chi connectivity index (χ1) is 16.2. The maximum atomic E-state index is 12.4. The Hall–Kier alpha value is -3.55. The van der Waals surface area contributed by atoms with E-state index in [4.69, 9.17) is 4.74 Å². The summed E-state index contributed by atoms with van der Waals surface area (Å²) < 4.78 is 5.49. The van der Waals surface area contributed by atoms with E-state index in [1.54, 1.807) is 11.2 Å². The topological polar surface area (TPSA) is 126 Å². The van der Waals surface area contributed by atoms with Gasteiger partial charge < -0.3 is 29.7 Å². The number of hydrogen-bond acceptors (Lipinski definition) is 7. The lowest BCUT2D eigenvalue weighted by Gasteiger charge is -2.42. The number of aryl methyl sites for hydroxylation is 1. The quantitative estimate of drug-likeness (QED) is 0.391. The lowest BCUT2D eigenvalue weighted by atomic mass is 10.1. The number of aromatic amines is 1. The highest BCUT2D eigenvalue weighted by Crippen LogP contribution is 2.27. The number of nitriles is 1. The second-order valence-electron chi connectivity index (χ2n) is 9.97. The summed E-state index contributed by atoms with van der Waals surface area (Å²) in [6.45, 7) is 13.0. The Bertz CT molecular complexity index is 1110. The molecule has 2 N–H and O–H groups in total. The van der Waals surface area contributed by atoms with Crippen LogP contribution < -0.4 is 10.2 Å². The van der Waals surface area contributed by atoms with Crippen molar-refractivity contribution >= 4 is 28.9 Å². The van der Waals surface area contributed by atoms with Gasteiger partial charge in [-0.05, 0) is 46.6 Å². The SMILES string of the molecule is Cc1c[nH]c2ncnc(N3CCN(C(=NC#N)N[C@H]4CCN(C(=O)OC(C)(C)C)C4)[C@@H](C)C3)c12. The monoisotopic (exact) mass is 467 g/mol. The number of amides is 1. The number of nitrogens with zero attached hydrogens (tertiary/aromatic N) is 7. The molecule has 11 heteroatoms. The fraction of sp³-hybridized carbons (Fsp3) is 0.609. The molecule has 0 aliphatic carbocycles. The summed E-state index contributed by atoms with van der Waals surface area (Å²) >= 11 is 0. The van der Waals surface area contributed by atoms with Gasteiger partial charge in [0.1, 0.15) is 23.4 Å². The van der Waals surface area contributed by atoms with Gasteiger partial charge in [0, 0.05) is 51.0 Å². The molecule has 182 valence electrons. The number of carbonyl (C=O) groups excluding carboxylic acids is 1. The second kappa shape index (κ2) is 9.37. The van der Waals surface area contributed by atoms with Crippen molar-refractivity contribution in [2.75, 3.05) is 37.6 Å². The minimum absolute atomic E-state index is 0.00819. The van der Waals surface area contributed by atoms with Crippen LogP contribution in [0.2, 0.25) is 0 Å². The summed E-state index contributed by atoms with van der Waals surface area (Å²) in [5.41, 5.74) is 1.42. The normalized spacial score (nSPS) is 21.6. The molecular weight excluding hydrogens is 434 g/mol. The number of guanidine groups is 1.